The minimum atomic E-state index is -0.506. The molecule has 1 heterocycles. The highest BCUT2D eigenvalue weighted by Gasteiger charge is 2.46. The molecule has 1 saturated carbocycles. The third kappa shape index (κ3) is 2.18. The molecule has 138 valence electrons. The number of hydrogen-bond donors (Lipinski definition) is 1. The van der Waals surface area contributed by atoms with E-state index in [2.05, 4.69) is 78.1 Å². The summed E-state index contributed by atoms with van der Waals surface area (Å²) in [6, 6.07) is 26.3. The summed E-state index contributed by atoms with van der Waals surface area (Å²) in [4.78, 5) is 5.57. The van der Waals surface area contributed by atoms with Gasteiger partial charge in [-0.05, 0) is 30.0 Å². The van der Waals surface area contributed by atoms with Crippen molar-refractivity contribution >= 4 is 11.4 Å². The van der Waals surface area contributed by atoms with Crippen molar-refractivity contribution in [2.45, 2.75) is 37.8 Å². The first kappa shape index (κ1) is 16.1. The lowest BCUT2D eigenvalue weighted by molar-refractivity contribution is 0.435. The van der Waals surface area contributed by atoms with Crippen LogP contribution < -0.4 is 5.32 Å². The number of rotatable bonds is 1. The second kappa shape index (κ2) is 6.07. The van der Waals surface area contributed by atoms with E-state index in [0.717, 1.165) is 0 Å². The van der Waals surface area contributed by atoms with Crippen LogP contribution in [0.5, 0.6) is 0 Å². The molecular formula is C26H24N2. The molecule has 0 saturated heterocycles. The van der Waals surface area contributed by atoms with Crippen molar-refractivity contribution < 1.29 is 0 Å². The minimum absolute atomic E-state index is 0.506. The monoisotopic (exact) mass is 364 g/mol. The van der Waals surface area contributed by atoms with Crippen LogP contribution in [-0.2, 0) is 5.66 Å². The largest absolute Gasteiger partial charge is 0.353 e. The van der Waals surface area contributed by atoms with Gasteiger partial charge in [-0.25, -0.2) is 0 Å². The maximum Gasteiger partial charge on any atom is 0.183 e. The van der Waals surface area contributed by atoms with Gasteiger partial charge in [-0.1, -0.05) is 86.0 Å². The molecule has 6 rings (SSSR count). The summed E-state index contributed by atoms with van der Waals surface area (Å²) in [5.41, 5.74) is 8.47. The molecule has 0 unspecified atom stereocenters. The quantitative estimate of drug-likeness (QED) is 0.533. The zero-order valence-corrected chi connectivity index (χ0v) is 16.0. The lowest BCUT2D eigenvalue weighted by Crippen LogP contribution is -2.39. The molecule has 2 heteroatoms. The highest BCUT2D eigenvalue weighted by molar-refractivity contribution is 6.09. The van der Waals surface area contributed by atoms with Gasteiger partial charge in [0.1, 0.15) is 0 Å². The Hall–Kier alpha value is -2.87. The van der Waals surface area contributed by atoms with Crippen molar-refractivity contribution in [2.75, 3.05) is 5.32 Å². The lowest BCUT2D eigenvalue weighted by Gasteiger charge is -2.38. The second-order valence-corrected chi connectivity index (χ2v) is 8.30. The van der Waals surface area contributed by atoms with Crippen molar-refractivity contribution in [1.82, 2.24) is 0 Å². The Labute approximate surface area is 166 Å². The van der Waals surface area contributed by atoms with E-state index in [0.29, 0.717) is 5.92 Å². The molecule has 0 amide bonds. The van der Waals surface area contributed by atoms with Crippen LogP contribution in [0.2, 0.25) is 0 Å². The van der Waals surface area contributed by atoms with Crippen LogP contribution in [0.4, 0.5) is 5.69 Å². The first-order valence-electron chi connectivity index (χ1n) is 10.5. The molecule has 0 aromatic heterocycles. The van der Waals surface area contributed by atoms with Gasteiger partial charge in [0, 0.05) is 28.3 Å². The molecule has 1 spiro atoms. The Kier molecular flexibility index (Phi) is 3.49. The minimum Gasteiger partial charge on any atom is -0.353 e. The molecule has 2 aliphatic carbocycles. The van der Waals surface area contributed by atoms with Crippen LogP contribution in [0.25, 0.3) is 11.1 Å². The van der Waals surface area contributed by atoms with Gasteiger partial charge in [-0.2, -0.15) is 0 Å². The van der Waals surface area contributed by atoms with Crippen molar-refractivity contribution in [3.63, 3.8) is 0 Å². The molecule has 1 fully saturated rings. The van der Waals surface area contributed by atoms with E-state index in [4.69, 9.17) is 4.99 Å². The molecule has 2 nitrogen and oxygen atoms in total. The molecule has 0 bridgehead atoms. The Bertz CT molecular complexity index is 1040. The predicted molar refractivity (Wildman–Crippen MR) is 116 cm³/mol. The van der Waals surface area contributed by atoms with E-state index in [1.165, 1.54) is 71.3 Å². The Morgan fingerprint density at radius 2 is 1.25 bits per heavy atom. The first-order chi connectivity index (χ1) is 13.9. The fraction of sp³-hybridized carbons (Fsp3) is 0.269. The van der Waals surface area contributed by atoms with Crippen molar-refractivity contribution in [2.24, 2.45) is 10.9 Å². The average Bonchev–Trinajstić information content (AvgIpc) is 3.04. The summed E-state index contributed by atoms with van der Waals surface area (Å²) >= 11 is 0. The molecule has 3 aromatic rings. The molecule has 3 aliphatic rings. The number of benzene rings is 3. The first-order valence-corrected chi connectivity index (χ1v) is 10.5. The summed E-state index contributed by atoms with van der Waals surface area (Å²) in [6.07, 6.45) is 6.51. The number of aliphatic imine (C=N–C) groups is 1. The summed E-state index contributed by atoms with van der Waals surface area (Å²) in [7, 11) is 0. The highest BCUT2D eigenvalue weighted by Crippen LogP contribution is 2.52. The summed E-state index contributed by atoms with van der Waals surface area (Å²) in [6.45, 7) is 0. The highest BCUT2D eigenvalue weighted by atomic mass is 15.2. The molecule has 3 aromatic carbocycles. The van der Waals surface area contributed by atoms with Gasteiger partial charge in [0.05, 0.1) is 5.71 Å². The van der Waals surface area contributed by atoms with Crippen LogP contribution in [0.3, 0.4) is 0 Å². The van der Waals surface area contributed by atoms with Crippen molar-refractivity contribution in [1.29, 1.82) is 0 Å². The SMILES string of the molecule is c1ccc2c(c1)NC1(N=C2C2CCCCC2)c2ccccc2-c2ccccc21. The van der Waals surface area contributed by atoms with Gasteiger partial charge in [0.2, 0.25) is 0 Å². The third-order valence-electron chi connectivity index (χ3n) is 6.72. The van der Waals surface area contributed by atoms with Crippen LogP contribution in [-0.4, -0.2) is 5.71 Å². The molecular weight excluding hydrogens is 340 g/mol. The number of nitrogens with zero attached hydrogens (tertiary/aromatic N) is 1. The Morgan fingerprint density at radius 1 is 0.679 bits per heavy atom. The maximum absolute atomic E-state index is 5.57. The third-order valence-corrected chi connectivity index (χ3v) is 6.72. The number of anilines is 1. The number of fused-ring (bicyclic) bond motifs is 6. The Morgan fingerprint density at radius 3 is 1.93 bits per heavy atom. The molecule has 28 heavy (non-hydrogen) atoms. The van der Waals surface area contributed by atoms with Gasteiger partial charge < -0.3 is 5.32 Å². The van der Waals surface area contributed by atoms with E-state index >= 15 is 0 Å². The standard InChI is InChI=1S/C26H24N2/c1-2-10-18(11-3-1)25-21-14-6-9-17-24(21)27-26(28-25)22-15-7-4-12-19(22)20-13-5-8-16-23(20)26/h4-9,12-18,27H,1-3,10-11H2. The molecule has 1 aliphatic heterocycles. The summed E-state index contributed by atoms with van der Waals surface area (Å²) < 4.78 is 0. The van der Waals surface area contributed by atoms with Gasteiger partial charge in [-0.15, -0.1) is 0 Å². The van der Waals surface area contributed by atoms with E-state index in [9.17, 15) is 0 Å². The number of hydrogen-bond acceptors (Lipinski definition) is 2. The van der Waals surface area contributed by atoms with Crippen LogP contribution >= 0.6 is 0 Å². The zero-order chi connectivity index (χ0) is 18.6. The van der Waals surface area contributed by atoms with Crippen LogP contribution in [0, 0.1) is 5.92 Å². The van der Waals surface area contributed by atoms with Crippen molar-refractivity contribution in [3.05, 3.63) is 89.5 Å². The van der Waals surface area contributed by atoms with Crippen LogP contribution in [0.15, 0.2) is 77.8 Å². The number of nitrogens with one attached hydrogen (secondary N) is 1. The summed E-state index contributed by atoms with van der Waals surface area (Å²) in [5, 5.41) is 3.87. The zero-order valence-electron chi connectivity index (χ0n) is 16.0. The van der Waals surface area contributed by atoms with E-state index in [1.54, 1.807) is 0 Å². The van der Waals surface area contributed by atoms with Gasteiger partial charge in [0.25, 0.3) is 0 Å². The second-order valence-electron chi connectivity index (χ2n) is 8.30. The molecule has 1 N–H and O–H groups in total. The molecule has 0 atom stereocenters. The summed E-state index contributed by atoms with van der Waals surface area (Å²) in [5.74, 6) is 0.564. The normalized spacial score (nSPS) is 19.4. The lowest BCUT2D eigenvalue weighted by atomic mass is 9.81. The van der Waals surface area contributed by atoms with E-state index in [-0.39, 0.29) is 0 Å². The predicted octanol–water partition coefficient (Wildman–Crippen LogP) is 6.36. The van der Waals surface area contributed by atoms with Crippen molar-refractivity contribution in [3.8, 4) is 11.1 Å². The maximum atomic E-state index is 5.57. The Balaban J connectivity index is 1.63. The fourth-order valence-electron chi connectivity index (χ4n) is 5.43. The topological polar surface area (TPSA) is 24.4 Å². The molecule has 0 radical (unpaired) electrons. The van der Waals surface area contributed by atoms with Gasteiger partial charge in [0.15, 0.2) is 5.66 Å². The van der Waals surface area contributed by atoms with Gasteiger partial charge >= 0.3 is 0 Å². The number of para-hydroxylation sites is 1. The van der Waals surface area contributed by atoms with Gasteiger partial charge in [-0.3, -0.25) is 4.99 Å². The average molecular weight is 364 g/mol. The van der Waals surface area contributed by atoms with E-state index in [1.807, 2.05) is 0 Å². The van der Waals surface area contributed by atoms with E-state index < -0.39 is 5.66 Å². The van der Waals surface area contributed by atoms with Crippen LogP contribution in [0.1, 0.15) is 48.8 Å². The fourth-order valence-corrected chi connectivity index (χ4v) is 5.43. The smallest absolute Gasteiger partial charge is 0.183 e.